The Morgan fingerprint density at radius 2 is 2.00 bits per heavy atom. The molecule has 0 spiro atoms. The van der Waals surface area contributed by atoms with Crippen molar-refractivity contribution in [3.63, 3.8) is 0 Å². The number of hydrogen-bond donors (Lipinski definition) is 1. The molecule has 0 radical (unpaired) electrons. The molecule has 0 aromatic carbocycles. The fourth-order valence-corrected chi connectivity index (χ4v) is 4.70. The Hall–Kier alpha value is -0.0900. The van der Waals surface area contributed by atoms with E-state index in [-0.39, 0.29) is 5.41 Å². The summed E-state index contributed by atoms with van der Waals surface area (Å²) in [6.07, 6.45) is 5.31. The maximum Gasteiger partial charge on any atom is 0.150 e. The van der Waals surface area contributed by atoms with Crippen LogP contribution in [0.3, 0.4) is 0 Å². The monoisotopic (exact) mass is 247 g/mol. The van der Waals surface area contributed by atoms with Gasteiger partial charge in [0, 0.05) is 6.54 Å². The topological polar surface area (TPSA) is 46.2 Å². The van der Waals surface area contributed by atoms with E-state index in [2.05, 4.69) is 19.2 Å². The molecule has 1 heterocycles. The summed E-state index contributed by atoms with van der Waals surface area (Å²) < 4.78 is 23.2. The van der Waals surface area contributed by atoms with Crippen LogP contribution in [0.25, 0.3) is 0 Å². The summed E-state index contributed by atoms with van der Waals surface area (Å²) in [7, 11) is -2.76. The molecule has 1 aliphatic heterocycles. The van der Waals surface area contributed by atoms with Gasteiger partial charge in [-0.05, 0) is 31.2 Å². The summed E-state index contributed by atoms with van der Waals surface area (Å²) in [4.78, 5) is 0. The van der Waals surface area contributed by atoms with Crippen molar-refractivity contribution in [1.29, 1.82) is 0 Å². The number of nitrogens with one attached hydrogen (secondary N) is 1. The molecule has 0 saturated carbocycles. The van der Waals surface area contributed by atoms with Crippen LogP contribution in [0.4, 0.5) is 0 Å². The van der Waals surface area contributed by atoms with Crippen LogP contribution >= 0.6 is 0 Å². The molecule has 96 valence electrons. The van der Waals surface area contributed by atoms with E-state index in [1.54, 1.807) is 0 Å². The molecule has 1 rings (SSSR count). The first kappa shape index (κ1) is 14.0. The third-order valence-corrected chi connectivity index (χ3v) is 5.34. The highest BCUT2D eigenvalue weighted by Crippen LogP contribution is 2.36. The molecule has 3 nitrogen and oxygen atoms in total. The van der Waals surface area contributed by atoms with Gasteiger partial charge in [0.05, 0.1) is 11.5 Å². The van der Waals surface area contributed by atoms with E-state index in [0.29, 0.717) is 11.5 Å². The van der Waals surface area contributed by atoms with E-state index in [4.69, 9.17) is 0 Å². The summed E-state index contributed by atoms with van der Waals surface area (Å²) in [5.74, 6) is 0.793. The van der Waals surface area contributed by atoms with E-state index in [1.165, 1.54) is 0 Å². The molecular formula is C12H25NO2S. The maximum absolute atomic E-state index is 11.6. The first-order valence-electron chi connectivity index (χ1n) is 6.45. The highest BCUT2D eigenvalue weighted by atomic mass is 32.2. The Labute approximate surface area is 99.9 Å². The van der Waals surface area contributed by atoms with Crippen molar-refractivity contribution in [2.24, 2.45) is 5.41 Å². The zero-order valence-corrected chi connectivity index (χ0v) is 11.4. The van der Waals surface area contributed by atoms with Crippen molar-refractivity contribution in [3.8, 4) is 0 Å². The van der Waals surface area contributed by atoms with Crippen molar-refractivity contribution in [2.75, 3.05) is 24.6 Å². The number of rotatable bonds is 7. The van der Waals surface area contributed by atoms with Crippen molar-refractivity contribution in [2.45, 2.75) is 46.0 Å². The predicted molar refractivity (Wildman–Crippen MR) is 68.4 cm³/mol. The van der Waals surface area contributed by atoms with Crippen LogP contribution < -0.4 is 5.32 Å². The van der Waals surface area contributed by atoms with Gasteiger partial charge in [-0.2, -0.15) is 0 Å². The van der Waals surface area contributed by atoms with E-state index in [1.807, 2.05) is 0 Å². The van der Waals surface area contributed by atoms with Crippen LogP contribution in [0.5, 0.6) is 0 Å². The van der Waals surface area contributed by atoms with Crippen LogP contribution in [0.1, 0.15) is 46.0 Å². The van der Waals surface area contributed by atoms with Gasteiger partial charge in [0.2, 0.25) is 0 Å². The highest BCUT2D eigenvalue weighted by molar-refractivity contribution is 7.91. The van der Waals surface area contributed by atoms with Crippen LogP contribution in [0.15, 0.2) is 0 Å². The molecule has 16 heavy (non-hydrogen) atoms. The largest absolute Gasteiger partial charge is 0.316 e. The van der Waals surface area contributed by atoms with Gasteiger partial charge in [0.15, 0.2) is 9.84 Å². The summed E-state index contributed by atoms with van der Waals surface area (Å²) >= 11 is 0. The Morgan fingerprint density at radius 1 is 1.25 bits per heavy atom. The Balaban J connectivity index is 2.56. The van der Waals surface area contributed by atoms with Gasteiger partial charge in [-0.25, -0.2) is 8.42 Å². The molecule has 1 atom stereocenters. The molecule has 0 aromatic rings. The minimum Gasteiger partial charge on any atom is -0.316 e. The van der Waals surface area contributed by atoms with E-state index >= 15 is 0 Å². The lowest BCUT2D eigenvalue weighted by atomic mass is 9.82. The zero-order valence-electron chi connectivity index (χ0n) is 10.6. The summed E-state index contributed by atoms with van der Waals surface area (Å²) in [5.41, 5.74) is 0.0318. The molecule has 0 aliphatic carbocycles. The minimum absolute atomic E-state index is 0.0318. The van der Waals surface area contributed by atoms with Crippen LogP contribution in [-0.4, -0.2) is 33.0 Å². The smallest absolute Gasteiger partial charge is 0.150 e. The first-order valence-corrected chi connectivity index (χ1v) is 8.27. The van der Waals surface area contributed by atoms with Gasteiger partial charge in [-0.3, -0.25) is 0 Å². The molecule has 0 aromatic heterocycles. The Morgan fingerprint density at radius 3 is 2.50 bits per heavy atom. The molecule has 0 bridgehead atoms. The van der Waals surface area contributed by atoms with E-state index in [0.717, 1.165) is 45.2 Å². The SMILES string of the molecule is CCCCC1(CNCCC)CCS(=O)(=O)C1. The number of unbranched alkanes of at least 4 members (excludes halogenated alkanes) is 1. The lowest BCUT2D eigenvalue weighted by Gasteiger charge is -2.28. The molecular weight excluding hydrogens is 222 g/mol. The van der Waals surface area contributed by atoms with Crippen LogP contribution in [0, 0.1) is 5.41 Å². The lowest BCUT2D eigenvalue weighted by Crippen LogP contribution is -2.35. The summed E-state index contributed by atoms with van der Waals surface area (Å²) in [6, 6.07) is 0. The summed E-state index contributed by atoms with van der Waals surface area (Å²) in [6.45, 7) is 6.17. The quantitative estimate of drug-likeness (QED) is 0.700. The van der Waals surface area contributed by atoms with Gasteiger partial charge in [0.25, 0.3) is 0 Å². The second kappa shape index (κ2) is 6.01. The normalized spacial score (nSPS) is 28.4. The van der Waals surface area contributed by atoms with Gasteiger partial charge < -0.3 is 5.32 Å². The third kappa shape index (κ3) is 4.06. The third-order valence-electron chi connectivity index (χ3n) is 3.46. The molecule has 1 unspecified atom stereocenters. The Kier molecular flexibility index (Phi) is 5.25. The predicted octanol–water partition coefficient (Wildman–Crippen LogP) is 1.98. The fraction of sp³-hybridized carbons (Fsp3) is 1.00. The standard InChI is InChI=1S/C12H25NO2S/c1-3-5-6-12(10-13-8-4-2)7-9-16(14,15)11-12/h13H,3-11H2,1-2H3. The summed E-state index contributed by atoms with van der Waals surface area (Å²) in [5, 5.41) is 3.40. The maximum atomic E-state index is 11.6. The molecule has 1 N–H and O–H groups in total. The van der Waals surface area contributed by atoms with Gasteiger partial charge in [-0.1, -0.05) is 26.7 Å². The zero-order chi connectivity index (χ0) is 12.1. The van der Waals surface area contributed by atoms with Gasteiger partial charge >= 0.3 is 0 Å². The molecule has 4 heteroatoms. The van der Waals surface area contributed by atoms with Gasteiger partial charge in [0.1, 0.15) is 0 Å². The molecule has 1 fully saturated rings. The fourth-order valence-electron chi connectivity index (χ4n) is 2.49. The minimum atomic E-state index is -2.76. The van der Waals surface area contributed by atoms with Crippen LogP contribution in [-0.2, 0) is 9.84 Å². The Bertz CT molecular complexity index is 300. The van der Waals surface area contributed by atoms with Crippen molar-refractivity contribution in [1.82, 2.24) is 5.32 Å². The van der Waals surface area contributed by atoms with Gasteiger partial charge in [-0.15, -0.1) is 0 Å². The van der Waals surface area contributed by atoms with Crippen molar-refractivity contribution >= 4 is 9.84 Å². The average molecular weight is 247 g/mol. The second-order valence-electron chi connectivity index (χ2n) is 5.12. The molecule has 1 saturated heterocycles. The second-order valence-corrected chi connectivity index (χ2v) is 7.31. The van der Waals surface area contributed by atoms with E-state index < -0.39 is 9.84 Å². The van der Waals surface area contributed by atoms with Crippen molar-refractivity contribution < 1.29 is 8.42 Å². The number of sulfone groups is 1. The van der Waals surface area contributed by atoms with Crippen molar-refractivity contribution in [3.05, 3.63) is 0 Å². The highest BCUT2D eigenvalue weighted by Gasteiger charge is 2.41. The first-order chi connectivity index (χ1) is 7.54. The average Bonchev–Trinajstić information content (AvgIpc) is 2.53. The molecule has 1 aliphatic rings. The number of hydrogen-bond acceptors (Lipinski definition) is 3. The molecule has 0 amide bonds. The lowest BCUT2D eigenvalue weighted by molar-refractivity contribution is 0.281. The van der Waals surface area contributed by atoms with Crippen LogP contribution in [0.2, 0.25) is 0 Å². The van der Waals surface area contributed by atoms with E-state index in [9.17, 15) is 8.42 Å².